The maximum Gasteiger partial charge on any atom is 0.179 e. The van der Waals surface area contributed by atoms with Crippen molar-refractivity contribution >= 4 is 17.1 Å². The molecular formula is C11H7O3. The van der Waals surface area contributed by atoms with Gasteiger partial charge in [-0.15, -0.1) is 0 Å². The van der Waals surface area contributed by atoms with Gasteiger partial charge in [0.05, 0.1) is 5.56 Å². The van der Waals surface area contributed by atoms with Crippen LogP contribution in [0.15, 0.2) is 30.3 Å². The average Bonchev–Trinajstić information content (AvgIpc) is 2.18. The Bertz CT molecular complexity index is 503. The quantitative estimate of drug-likeness (QED) is 0.697. The van der Waals surface area contributed by atoms with E-state index in [1.807, 2.05) is 0 Å². The highest BCUT2D eigenvalue weighted by atomic mass is 16.3. The zero-order chi connectivity index (χ0) is 10.1. The van der Waals surface area contributed by atoms with Crippen LogP contribution in [0.3, 0.4) is 0 Å². The minimum Gasteiger partial charge on any atom is -0.507 e. The van der Waals surface area contributed by atoms with E-state index in [1.54, 1.807) is 12.1 Å². The molecule has 0 saturated carbocycles. The van der Waals surface area contributed by atoms with E-state index in [4.69, 9.17) is 0 Å². The Morgan fingerprint density at radius 1 is 1.14 bits per heavy atom. The topological polar surface area (TPSA) is 57.2 Å². The molecule has 0 fully saturated rings. The van der Waals surface area contributed by atoms with Crippen LogP contribution in [0.4, 0.5) is 0 Å². The summed E-state index contributed by atoms with van der Waals surface area (Å²) in [6.07, 6.45) is 0.585. The molecule has 0 unspecified atom stereocenters. The first kappa shape index (κ1) is 8.56. The van der Waals surface area contributed by atoms with Crippen molar-refractivity contribution in [1.82, 2.24) is 0 Å². The molecule has 1 N–H and O–H groups in total. The molecule has 14 heavy (non-hydrogen) atoms. The van der Waals surface area contributed by atoms with E-state index in [1.165, 1.54) is 18.2 Å². The Kier molecular flexibility index (Phi) is 1.85. The highest BCUT2D eigenvalue weighted by molar-refractivity contribution is 6.01. The first-order chi connectivity index (χ1) is 6.72. The van der Waals surface area contributed by atoms with Gasteiger partial charge >= 0.3 is 0 Å². The molecule has 2 aromatic carbocycles. The van der Waals surface area contributed by atoms with Gasteiger partial charge in [-0.1, -0.05) is 6.07 Å². The number of fused-ring (bicyclic) bond motifs is 1. The second-order valence-electron chi connectivity index (χ2n) is 3.00. The van der Waals surface area contributed by atoms with Gasteiger partial charge in [0.1, 0.15) is 5.75 Å². The third kappa shape index (κ3) is 1.19. The normalized spacial score (nSPS) is 10.3. The highest BCUT2D eigenvalue weighted by Crippen LogP contribution is 2.28. The van der Waals surface area contributed by atoms with Gasteiger partial charge in [0.2, 0.25) is 0 Å². The summed E-state index contributed by atoms with van der Waals surface area (Å²) in [6, 6.07) is 7.36. The van der Waals surface area contributed by atoms with Gasteiger partial charge in [0, 0.05) is 0 Å². The molecule has 3 nitrogen and oxygen atoms in total. The van der Waals surface area contributed by atoms with Crippen molar-refractivity contribution in [3.8, 4) is 11.5 Å². The third-order valence-electron chi connectivity index (χ3n) is 2.13. The lowest BCUT2D eigenvalue weighted by Crippen LogP contribution is -1.84. The van der Waals surface area contributed by atoms with Gasteiger partial charge in [-0.05, 0) is 35.0 Å². The Balaban J connectivity index is 2.88. The largest absolute Gasteiger partial charge is 0.507 e. The predicted octanol–water partition coefficient (Wildman–Crippen LogP) is 2.50. The maximum absolute atomic E-state index is 11.0. The first-order valence-electron chi connectivity index (χ1n) is 4.10. The summed E-state index contributed by atoms with van der Waals surface area (Å²) in [4.78, 5) is 10.7. The number of rotatable bonds is 1. The molecule has 0 aliphatic carbocycles. The zero-order valence-electron chi connectivity index (χ0n) is 7.23. The molecule has 3 heteroatoms. The van der Waals surface area contributed by atoms with Crippen molar-refractivity contribution in [2.75, 3.05) is 0 Å². The molecule has 0 aromatic heterocycles. The van der Waals surface area contributed by atoms with E-state index in [2.05, 4.69) is 0 Å². The molecule has 1 radical (unpaired) electrons. The molecule has 0 saturated heterocycles. The predicted molar refractivity (Wildman–Crippen MR) is 51.1 cm³/mol. The SMILES string of the molecule is [O]c1ccc2c(C=O)c(O)ccc2c1. The van der Waals surface area contributed by atoms with E-state index in [0.29, 0.717) is 17.1 Å². The lowest BCUT2D eigenvalue weighted by Gasteiger charge is -2.02. The van der Waals surface area contributed by atoms with E-state index >= 15 is 0 Å². The summed E-state index contributed by atoms with van der Waals surface area (Å²) in [7, 11) is 0. The minimum absolute atomic E-state index is 0.0638. The summed E-state index contributed by atoms with van der Waals surface area (Å²) in [5.74, 6) is -0.175. The van der Waals surface area contributed by atoms with E-state index in [-0.39, 0.29) is 17.1 Å². The average molecular weight is 187 g/mol. The van der Waals surface area contributed by atoms with Crippen molar-refractivity contribution in [3.63, 3.8) is 0 Å². The molecular weight excluding hydrogens is 180 g/mol. The van der Waals surface area contributed by atoms with Crippen molar-refractivity contribution < 1.29 is 15.0 Å². The second kappa shape index (κ2) is 3.03. The van der Waals surface area contributed by atoms with Crippen molar-refractivity contribution in [1.29, 1.82) is 0 Å². The summed E-state index contributed by atoms with van der Waals surface area (Å²) < 4.78 is 0. The molecule has 0 bridgehead atoms. The number of carbonyl (C=O) groups excluding carboxylic acids is 1. The number of aromatic hydroxyl groups is 1. The summed E-state index contributed by atoms with van der Waals surface area (Å²) >= 11 is 0. The van der Waals surface area contributed by atoms with Crippen molar-refractivity contribution in [3.05, 3.63) is 35.9 Å². The number of phenols is 1. The fourth-order valence-electron chi connectivity index (χ4n) is 1.44. The number of aldehydes is 1. The van der Waals surface area contributed by atoms with Crippen LogP contribution >= 0.6 is 0 Å². The second-order valence-corrected chi connectivity index (χ2v) is 3.00. The van der Waals surface area contributed by atoms with Crippen LogP contribution in [0.1, 0.15) is 10.4 Å². The van der Waals surface area contributed by atoms with Crippen LogP contribution in [-0.2, 0) is 5.11 Å². The van der Waals surface area contributed by atoms with Crippen LogP contribution in [0.5, 0.6) is 11.5 Å². The van der Waals surface area contributed by atoms with Crippen LogP contribution in [0, 0.1) is 0 Å². The molecule has 2 rings (SSSR count). The molecule has 2 aromatic rings. The van der Waals surface area contributed by atoms with E-state index < -0.39 is 0 Å². The van der Waals surface area contributed by atoms with Crippen molar-refractivity contribution in [2.24, 2.45) is 0 Å². The molecule has 0 aliphatic heterocycles. The Labute approximate surface area is 80.2 Å². The van der Waals surface area contributed by atoms with Gasteiger partial charge in [-0.2, -0.15) is 0 Å². The van der Waals surface area contributed by atoms with Gasteiger partial charge in [0.25, 0.3) is 0 Å². The van der Waals surface area contributed by atoms with E-state index in [9.17, 15) is 15.0 Å². The lowest BCUT2D eigenvalue weighted by molar-refractivity contribution is 0.112. The highest BCUT2D eigenvalue weighted by Gasteiger charge is 2.06. The standard InChI is InChI=1S/C11H7O3/c12-6-10-9-3-2-8(13)5-7(9)1-4-11(10)14/h1-6,14H. The van der Waals surface area contributed by atoms with Crippen LogP contribution < -0.4 is 0 Å². The summed E-state index contributed by atoms with van der Waals surface area (Å²) in [5, 5.41) is 21.6. The number of phenolic OH excluding ortho intramolecular Hbond substituents is 1. The van der Waals surface area contributed by atoms with Gasteiger partial charge in [0.15, 0.2) is 12.0 Å². The molecule has 0 atom stereocenters. The van der Waals surface area contributed by atoms with Crippen molar-refractivity contribution in [2.45, 2.75) is 0 Å². The van der Waals surface area contributed by atoms with Gasteiger partial charge in [-0.25, -0.2) is 0 Å². The monoisotopic (exact) mass is 187 g/mol. The first-order valence-corrected chi connectivity index (χ1v) is 4.10. The third-order valence-corrected chi connectivity index (χ3v) is 2.13. The molecule has 69 valence electrons. The number of benzene rings is 2. The maximum atomic E-state index is 11.0. The lowest BCUT2D eigenvalue weighted by atomic mass is 10.0. The van der Waals surface area contributed by atoms with Gasteiger partial charge in [-0.3, -0.25) is 9.90 Å². The molecule has 0 amide bonds. The summed E-state index contributed by atoms with van der Waals surface area (Å²) in [5.41, 5.74) is 0.225. The van der Waals surface area contributed by atoms with Gasteiger partial charge < -0.3 is 5.11 Å². The smallest absolute Gasteiger partial charge is 0.179 e. The zero-order valence-corrected chi connectivity index (χ0v) is 7.23. The molecule has 0 heterocycles. The number of hydrogen-bond donors (Lipinski definition) is 1. The Morgan fingerprint density at radius 3 is 2.64 bits per heavy atom. The number of carbonyl (C=O) groups is 1. The molecule has 0 spiro atoms. The fourth-order valence-corrected chi connectivity index (χ4v) is 1.44. The minimum atomic E-state index is -0.111. The Morgan fingerprint density at radius 2 is 1.93 bits per heavy atom. The van der Waals surface area contributed by atoms with Crippen LogP contribution in [0.25, 0.3) is 10.8 Å². The van der Waals surface area contributed by atoms with Crippen LogP contribution in [0.2, 0.25) is 0 Å². The van der Waals surface area contributed by atoms with E-state index in [0.717, 1.165) is 0 Å². The fraction of sp³-hybridized carbons (Fsp3) is 0. The summed E-state index contributed by atoms with van der Waals surface area (Å²) in [6.45, 7) is 0. The molecule has 0 aliphatic rings. The number of hydrogen-bond acceptors (Lipinski definition) is 2. The Hall–Kier alpha value is -2.03. The van der Waals surface area contributed by atoms with Crippen LogP contribution in [-0.4, -0.2) is 11.4 Å².